The Morgan fingerprint density at radius 2 is 1.93 bits per heavy atom. The molecule has 1 fully saturated rings. The van der Waals surface area contributed by atoms with Gasteiger partial charge in [0, 0.05) is 55.4 Å². The first-order valence-corrected chi connectivity index (χ1v) is 9.87. The Kier molecular flexibility index (Phi) is 4.49. The van der Waals surface area contributed by atoms with Crippen molar-refractivity contribution in [3.05, 3.63) is 84.8 Å². The fraction of sp³-hybridized carbons (Fsp3) is 0.261. The predicted octanol–water partition coefficient (Wildman–Crippen LogP) is 4.26. The van der Waals surface area contributed by atoms with Crippen molar-refractivity contribution in [2.24, 2.45) is 0 Å². The zero-order valence-corrected chi connectivity index (χ0v) is 15.8. The van der Waals surface area contributed by atoms with Crippen molar-refractivity contribution in [3.63, 3.8) is 0 Å². The Morgan fingerprint density at radius 1 is 0.964 bits per heavy atom. The molecule has 1 aliphatic rings. The topological polar surface area (TPSA) is 46.8 Å². The van der Waals surface area contributed by atoms with Crippen LogP contribution < -0.4 is 4.90 Å². The summed E-state index contributed by atoms with van der Waals surface area (Å²) in [5.41, 5.74) is 1.20. The number of imidazole rings is 1. The third-order valence-corrected chi connectivity index (χ3v) is 5.56. The number of pyridine rings is 2. The van der Waals surface area contributed by atoms with Gasteiger partial charge in [0.25, 0.3) is 0 Å². The van der Waals surface area contributed by atoms with E-state index in [2.05, 4.69) is 57.0 Å². The molecule has 0 aliphatic carbocycles. The van der Waals surface area contributed by atoms with Crippen LogP contribution in [0.2, 0.25) is 0 Å². The lowest BCUT2D eigenvalue weighted by molar-refractivity contribution is 0.475. The zero-order valence-electron chi connectivity index (χ0n) is 15.8. The second-order valence-electron chi connectivity index (χ2n) is 7.42. The Hall–Kier alpha value is -3.21. The summed E-state index contributed by atoms with van der Waals surface area (Å²) in [5, 5.41) is 2.47. The third-order valence-electron chi connectivity index (χ3n) is 5.56. The molecule has 5 rings (SSSR count). The summed E-state index contributed by atoms with van der Waals surface area (Å²) in [7, 11) is 0. The van der Waals surface area contributed by atoms with E-state index in [-0.39, 0.29) is 0 Å². The summed E-state index contributed by atoms with van der Waals surface area (Å²) in [6.45, 7) is 2.80. The Balaban J connectivity index is 1.42. The van der Waals surface area contributed by atoms with Gasteiger partial charge in [-0.15, -0.1) is 0 Å². The fourth-order valence-electron chi connectivity index (χ4n) is 4.24. The smallest absolute Gasteiger partial charge is 0.136 e. The van der Waals surface area contributed by atoms with Crippen LogP contribution in [0, 0.1) is 0 Å². The number of piperidine rings is 1. The molecule has 28 heavy (non-hydrogen) atoms. The molecule has 0 radical (unpaired) electrons. The molecule has 1 atom stereocenters. The molecule has 0 N–H and O–H groups in total. The number of hydrogen-bond donors (Lipinski definition) is 0. The molecule has 4 heterocycles. The maximum atomic E-state index is 4.73. The van der Waals surface area contributed by atoms with Crippen LogP contribution in [0.3, 0.4) is 0 Å². The Bertz CT molecular complexity index is 1070. The van der Waals surface area contributed by atoms with Crippen molar-refractivity contribution in [3.8, 4) is 0 Å². The SMILES string of the molecule is c1cncc(Cn2ccnc2[C@@H]2CCCN(c3nccc4ccccc34)C2)c1. The van der Waals surface area contributed by atoms with Gasteiger partial charge in [0.05, 0.1) is 6.54 Å². The highest BCUT2D eigenvalue weighted by molar-refractivity contribution is 5.92. The van der Waals surface area contributed by atoms with E-state index in [1.54, 1.807) is 0 Å². The molecule has 4 aromatic rings. The first kappa shape index (κ1) is 16.9. The van der Waals surface area contributed by atoms with Gasteiger partial charge in [-0.1, -0.05) is 30.3 Å². The van der Waals surface area contributed by atoms with Crippen LogP contribution in [0.15, 0.2) is 73.4 Å². The molecule has 140 valence electrons. The molecule has 0 bridgehead atoms. The molecule has 5 heteroatoms. The van der Waals surface area contributed by atoms with Crippen molar-refractivity contribution in [2.75, 3.05) is 18.0 Å². The van der Waals surface area contributed by atoms with Gasteiger partial charge in [-0.25, -0.2) is 9.97 Å². The number of rotatable bonds is 4. The highest BCUT2D eigenvalue weighted by Crippen LogP contribution is 2.32. The van der Waals surface area contributed by atoms with Crippen LogP contribution in [-0.4, -0.2) is 32.6 Å². The summed E-state index contributed by atoms with van der Waals surface area (Å²) in [6, 6.07) is 14.7. The van der Waals surface area contributed by atoms with Crippen LogP contribution in [0.4, 0.5) is 5.82 Å². The number of hydrogen-bond acceptors (Lipinski definition) is 4. The van der Waals surface area contributed by atoms with Gasteiger partial charge in [-0.3, -0.25) is 4.98 Å². The monoisotopic (exact) mass is 369 g/mol. The van der Waals surface area contributed by atoms with Gasteiger partial charge in [-0.05, 0) is 35.9 Å². The minimum Gasteiger partial charge on any atom is -0.355 e. The highest BCUT2D eigenvalue weighted by atomic mass is 15.2. The number of benzene rings is 1. The zero-order chi connectivity index (χ0) is 18.8. The number of fused-ring (bicyclic) bond motifs is 1. The van der Waals surface area contributed by atoms with Gasteiger partial charge < -0.3 is 9.47 Å². The second-order valence-corrected chi connectivity index (χ2v) is 7.42. The van der Waals surface area contributed by atoms with E-state index in [1.807, 2.05) is 30.9 Å². The van der Waals surface area contributed by atoms with Gasteiger partial charge in [0.2, 0.25) is 0 Å². The molecule has 5 nitrogen and oxygen atoms in total. The molecule has 0 unspecified atom stereocenters. The van der Waals surface area contributed by atoms with Crippen LogP contribution in [0.1, 0.15) is 30.1 Å². The molecule has 1 aromatic carbocycles. The van der Waals surface area contributed by atoms with Crippen molar-refractivity contribution < 1.29 is 0 Å². The van der Waals surface area contributed by atoms with Crippen LogP contribution in [-0.2, 0) is 6.54 Å². The number of aromatic nitrogens is 4. The Labute approximate surface area is 164 Å². The normalized spacial score (nSPS) is 17.1. The molecule has 0 amide bonds. The lowest BCUT2D eigenvalue weighted by Crippen LogP contribution is -2.36. The summed E-state index contributed by atoms with van der Waals surface area (Å²) >= 11 is 0. The molecule has 3 aromatic heterocycles. The van der Waals surface area contributed by atoms with Crippen molar-refractivity contribution >= 4 is 16.6 Å². The minimum atomic E-state index is 0.404. The van der Waals surface area contributed by atoms with Crippen molar-refractivity contribution in [1.82, 2.24) is 19.5 Å². The van der Waals surface area contributed by atoms with E-state index in [9.17, 15) is 0 Å². The molecule has 1 saturated heterocycles. The first-order chi connectivity index (χ1) is 13.9. The largest absolute Gasteiger partial charge is 0.355 e. The second kappa shape index (κ2) is 7.43. The highest BCUT2D eigenvalue weighted by Gasteiger charge is 2.26. The number of anilines is 1. The summed E-state index contributed by atoms with van der Waals surface area (Å²) in [4.78, 5) is 16.1. The van der Waals surface area contributed by atoms with Crippen LogP contribution in [0.25, 0.3) is 10.8 Å². The Morgan fingerprint density at radius 3 is 2.86 bits per heavy atom. The molecule has 1 aliphatic heterocycles. The van der Waals surface area contributed by atoms with E-state index in [1.165, 1.54) is 16.3 Å². The maximum absolute atomic E-state index is 4.73. The van der Waals surface area contributed by atoms with Crippen molar-refractivity contribution in [2.45, 2.75) is 25.3 Å². The average Bonchev–Trinajstić information content (AvgIpc) is 3.22. The van der Waals surface area contributed by atoms with Gasteiger partial charge in [0.1, 0.15) is 11.6 Å². The molecular weight excluding hydrogens is 346 g/mol. The minimum absolute atomic E-state index is 0.404. The maximum Gasteiger partial charge on any atom is 0.136 e. The average molecular weight is 369 g/mol. The molecular formula is C23H23N5. The van der Waals surface area contributed by atoms with E-state index >= 15 is 0 Å². The van der Waals surface area contributed by atoms with Gasteiger partial charge in [0.15, 0.2) is 0 Å². The van der Waals surface area contributed by atoms with Gasteiger partial charge >= 0.3 is 0 Å². The summed E-state index contributed by atoms with van der Waals surface area (Å²) < 4.78 is 2.27. The third kappa shape index (κ3) is 3.24. The fourth-order valence-corrected chi connectivity index (χ4v) is 4.24. The predicted molar refractivity (Wildman–Crippen MR) is 111 cm³/mol. The number of nitrogens with zero attached hydrogens (tertiary/aromatic N) is 5. The van der Waals surface area contributed by atoms with Crippen LogP contribution >= 0.6 is 0 Å². The van der Waals surface area contributed by atoms with E-state index < -0.39 is 0 Å². The molecule has 0 saturated carbocycles. The lowest BCUT2D eigenvalue weighted by atomic mass is 9.96. The van der Waals surface area contributed by atoms with E-state index in [0.29, 0.717) is 5.92 Å². The molecule has 0 spiro atoms. The lowest BCUT2D eigenvalue weighted by Gasteiger charge is -2.34. The van der Waals surface area contributed by atoms with Crippen molar-refractivity contribution in [1.29, 1.82) is 0 Å². The van der Waals surface area contributed by atoms with E-state index in [0.717, 1.165) is 44.1 Å². The van der Waals surface area contributed by atoms with E-state index in [4.69, 9.17) is 9.97 Å². The first-order valence-electron chi connectivity index (χ1n) is 9.87. The summed E-state index contributed by atoms with van der Waals surface area (Å²) in [6.07, 6.45) is 12.0. The van der Waals surface area contributed by atoms with Gasteiger partial charge in [-0.2, -0.15) is 0 Å². The standard InChI is InChI=1S/C23H23N5/c1-2-8-21-19(6-1)9-11-25-23(21)27-13-4-7-20(17-27)22-26-12-14-28(22)16-18-5-3-10-24-15-18/h1-3,5-6,8-12,14-15,20H,4,7,13,16-17H2/t20-/m1/s1. The summed E-state index contributed by atoms with van der Waals surface area (Å²) in [5.74, 6) is 2.66. The quantitative estimate of drug-likeness (QED) is 0.539. The van der Waals surface area contributed by atoms with Crippen LogP contribution in [0.5, 0.6) is 0 Å².